The topological polar surface area (TPSA) is 20.7 Å². The van der Waals surface area contributed by atoms with Crippen LogP contribution >= 0.6 is 23.8 Å². The molecule has 0 aliphatic heterocycles. The summed E-state index contributed by atoms with van der Waals surface area (Å²) in [6.07, 6.45) is 0. The van der Waals surface area contributed by atoms with E-state index in [1.165, 1.54) is 16.7 Å². The van der Waals surface area contributed by atoms with Crippen LogP contribution in [0.4, 0.5) is 13.2 Å². The number of halogens is 4. The number of hydrogen-bond acceptors (Lipinski definition) is 1. The number of benzene rings is 2. The fourth-order valence-electron chi connectivity index (χ4n) is 2.03. The molecule has 0 fully saturated rings. The molecule has 102 valence electrons. The summed E-state index contributed by atoms with van der Waals surface area (Å²) in [6, 6.07) is 5.53. The Kier molecular flexibility index (Phi) is 3.07. The molecule has 0 spiro atoms. The summed E-state index contributed by atoms with van der Waals surface area (Å²) in [6.45, 7) is 0. The van der Waals surface area contributed by atoms with Crippen molar-refractivity contribution in [2.45, 2.75) is 0 Å². The quantitative estimate of drug-likeness (QED) is 0.642. The number of H-pyrrole nitrogens is 1. The van der Waals surface area contributed by atoms with E-state index in [9.17, 15) is 13.2 Å². The van der Waals surface area contributed by atoms with Gasteiger partial charge >= 0.3 is 0 Å². The molecule has 20 heavy (non-hydrogen) atoms. The molecule has 7 heteroatoms. The summed E-state index contributed by atoms with van der Waals surface area (Å²) >= 11 is 11.1. The van der Waals surface area contributed by atoms with Crippen molar-refractivity contribution in [1.82, 2.24) is 9.55 Å². The average Bonchev–Trinajstić information content (AvgIpc) is 2.69. The minimum Gasteiger partial charge on any atom is -0.328 e. The van der Waals surface area contributed by atoms with E-state index in [1.54, 1.807) is 0 Å². The highest BCUT2D eigenvalue weighted by Crippen LogP contribution is 2.27. The molecule has 0 amide bonds. The van der Waals surface area contributed by atoms with E-state index < -0.39 is 17.5 Å². The summed E-state index contributed by atoms with van der Waals surface area (Å²) in [5.41, 5.74) is 0.407. The molecule has 0 aliphatic rings. The predicted molar refractivity (Wildman–Crippen MR) is 73.3 cm³/mol. The second-order valence-corrected chi connectivity index (χ2v) is 4.94. The molecule has 0 bridgehead atoms. The van der Waals surface area contributed by atoms with E-state index in [0.29, 0.717) is 0 Å². The average molecular weight is 315 g/mol. The van der Waals surface area contributed by atoms with E-state index >= 15 is 0 Å². The van der Waals surface area contributed by atoms with Crippen LogP contribution in [0.15, 0.2) is 30.3 Å². The van der Waals surface area contributed by atoms with Gasteiger partial charge in [-0.3, -0.25) is 4.57 Å². The highest BCUT2D eigenvalue weighted by atomic mass is 35.5. The van der Waals surface area contributed by atoms with Gasteiger partial charge < -0.3 is 4.98 Å². The van der Waals surface area contributed by atoms with Crippen LogP contribution in [0.2, 0.25) is 5.02 Å². The van der Waals surface area contributed by atoms with Crippen LogP contribution in [-0.4, -0.2) is 9.55 Å². The number of nitrogens with zero attached hydrogens (tertiary/aromatic N) is 1. The molecule has 0 radical (unpaired) electrons. The molecule has 0 saturated heterocycles. The van der Waals surface area contributed by atoms with E-state index in [1.807, 2.05) is 0 Å². The van der Waals surface area contributed by atoms with E-state index in [4.69, 9.17) is 23.8 Å². The van der Waals surface area contributed by atoms with Gasteiger partial charge in [-0.05, 0) is 30.4 Å². The van der Waals surface area contributed by atoms with Crippen LogP contribution in [0.25, 0.3) is 16.7 Å². The van der Waals surface area contributed by atoms with Gasteiger partial charge in [0, 0.05) is 12.1 Å². The van der Waals surface area contributed by atoms with Crippen molar-refractivity contribution >= 4 is 34.9 Å². The molecular weight excluding hydrogens is 309 g/mol. The zero-order valence-electron chi connectivity index (χ0n) is 9.75. The monoisotopic (exact) mass is 314 g/mol. The first-order valence-electron chi connectivity index (χ1n) is 5.52. The summed E-state index contributed by atoms with van der Waals surface area (Å²) in [7, 11) is 0. The fraction of sp³-hybridized carbons (Fsp3) is 0. The van der Waals surface area contributed by atoms with Gasteiger partial charge in [-0.15, -0.1) is 0 Å². The van der Waals surface area contributed by atoms with Crippen molar-refractivity contribution < 1.29 is 13.2 Å². The molecule has 2 aromatic carbocycles. The van der Waals surface area contributed by atoms with Crippen molar-refractivity contribution in [2.75, 3.05) is 0 Å². The molecule has 0 aliphatic carbocycles. The highest BCUT2D eigenvalue weighted by Gasteiger charge is 2.14. The normalized spacial score (nSPS) is 11.2. The van der Waals surface area contributed by atoms with Crippen LogP contribution in [0.5, 0.6) is 0 Å². The third-order valence-corrected chi connectivity index (χ3v) is 3.46. The maximum absolute atomic E-state index is 13.7. The van der Waals surface area contributed by atoms with E-state index in [0.717, 1.165) is 18.2 Å². The number of aromatic nitrogens is 2. The van der Waals surface area contributed by atoms with Gasteiger partial charge in [0.15, 0.2) is 10.6 Å². The second-order valence-electron chi connectivity index (χ2n) is 4.14. The van der Waals surface area contributed by atoms with Gasteiger partial charge in [0.05, 0.1) is 16.2 Å². The Morgan fingerprint density at radius 1 is 1.05 bits per heavy atom. The number of aromatic amines is 1. The molecule has 0 saturated carbocycles. The summed E-state index contributed by atoms with van der Waals surface area (Å²) in [4.78, 5) is 2.62. The Balaban J connectivity index is 2.45. The Morgan fingerprint density at radius 2 is 1.80 bits per heavy atom. The number of fused-ring (bicyclic) bond motifs is 1. The Morgan fingerprint density at radius 3 is 2.55 bits per heavy atom. The molecule has 3 aromatic rings. The van der Waals surface area contributed by atoms with E-state index in [2.05, 4.69) is 4.98 Å². The summed E-state index contributed by atoms with van der Waals surface area (Å²) in [5, 5.41) is 0.216. The van der Waals surface area contributed by atoms with Gasteiger partial charge in [-0.1, -0.05) is 11.6 Å². The molecule has 1 heterocycles. The smallest absolute Gasteiger partial charge is 0.182 e. The summed E-state index contributed by atoms with van der Waals surface area (Å²) < 4.78 is 41.8. The van der Waals surface area contributed by atoms with E-state index in [-0.39, 0.29) is 26.5 Å². The standard InChI is InChI=1S/C13H6ClF3N2S/c14-8-2-1-6(15)4-10(8)19-11-5-7(16)3-9(17)12(11)18-13(19)20/h1-5H,(H,18,20). The van der Waals surface area contributed by atoms with Gasteiger partial charge in [-0.2, -0.15) is 0 Å². The first-order valence-corrected chi connectivity index (χ1v) is 6.31. The lowest BCUT2D eigenvalue weighted by atomic mass is 10.2. The molecule has 0 unspecified atom stereocenters. The van der Waals surface area contributed by atoms with Crippen molar-refractivity contribution in [1.29, 1.82) is 0 Å². The van der Waals surface area contributed by atoms with Gasteiger partial charge in [0.25, 0.3) is 0 Å². The Labute approximate surface area is 121 Å². The minimum absolute atomic E-state index is 0.0386. The fourth-order valence-corrected chi connectivity index (χ4v) is 2.53. The largest absolute Gasteiger partial charge is 0.328 e. The minimum atomic E-state index is -0.780. The number of rotatable bonds is 1. The maximum atomic E-state index is 13.7. The van der Waals surface area contributed by atoms with Crippen LogP contribution in [0, 0.1) is 22.2 Å². The highest BCUT2D eigenvalue weighted by molar-refractivity contribution is 7.71. The number of nitrogens with one attached hydrogen (secondary N) is 1. The maximum Gasteiger partial charge on any atom is 0.182 e. The molecular formula is C13H6ClF3N2S. The summed E-state index contributed by atoms with van der Waals surface area (Å²) in [5.74, 6) is -2.07. The molecule has 1 N–H and O–H groups in total. The lowest BCUT2D eigenvalue weighted by molar-refractivity contribution is 0.590. The van der Waals surface area contributed by atoms with Crippen molar-refractivity contribution in [2.24, 2.45) is 0 Å². The van der Waals surface area contributed by atoms with Gasteiger partial charge in [0.1, 0.15) is 17.2 Å². The predicted octanol–water partition coefficient (Wildman–Crippen LogP) is 4.76. The molecule has 3 rings (SSSR count). The van der Waals surface area contributed by atoms with Crippen LogP contribution < -0.4 is 0 Å². The zero-order valence-corrected chi connectivity index (χ0v) is 11.3. The number of hydrogen-bond donors (Lipinski definition) is 1. The molecule has 0 atom stereocenters. The van der Waals surface area contributed by atoms with Crippen molar-refractivity contribution in [3.8, 4) is 5.69 Å². The lowest BCUT2D eigenvalue weighted by Crippen LogP contribution is -1.96. The van der Waals surface area contributed by atoms with Crippen LogP contribution in [0.3, 0.4) is 0 Å². The third-order valence-electron chi connectivity index (χ3n) is 2.86. The van der Waals surface area contributed by atoms with Crippen molar-refractivity contribution in [3.63, 3.8) is 0 Å². The van der Waals surface area contributed by atoms with Gasteiger partial charge in [-0.25, -0.2) is 13.2 Å². The molecule has 2 nitrogen and oxygen atoms in total. The SMILES string of the molecule is Fc1ccc(Cl)c(-n2c(=S)[nH]c3c(F)cc(F)cc32)c1. The lowest BCUT2D eigenvalue weighted by Gasteiger charge is -2.07. The third kappa shape index (κ3) is 2.01. The first-order chi connectivity index (χ1) is 9.47. The van der Waals surface area contributed by atoms with Gasteiger partial charge in [0.2, 0.25) is 0 Å². The first kappa shape index (κ1) is 13.2. The Bertz CT molecular complexity index is 885. The second kappa shape index (κ2) is 4.64. The molecule has 1 aromatic heterocycles. The Hall–Kier alpha value is -1.79. The number of imidazole rings is 1. The van der Waals surface area contributed by atoms with Crippen LogP contribution in [-0.2, 0) is 0 Å². The van der Waals surface area contributed by atoms with Crippen molar-refractivity contribution in [3.05, 3.63) is 57.6 Å². The van der Waals surface area contributed by atoms with Crippen LogP contribution in [0.1, 0.15) is 0 Å². The zero-order chi connectivity index (χ0) is 14.4.